The number of nitrogens with zero attached hydrogens (tertiary/aromatic N) is 1. The molecule has 1 aliphatic heterocycles. The van der Waals surface area contributed by atoms with Gasteiger partial charge in [0.05, 0.1) is 11.9 Å². The van der Waals surface area contributed by atoms with E-state index in [1.807, 2.05) is 0 Å². The van der Waals surface area contributed by atoms with E-state index in [-0.39, 0.29) is 12.6 Å². The molecule has 0 spiro atoms. The van der Waals surface area contributed by atoms with E-state index in [0.717, 1.165) is 19.3 Å². The molecule has 2 aliphatic rings. The number of rotatable bonds is 3. The van der Waals surface area contributed by atoms with Crippen LogP contribution in [0.25, 0.3) is 0 Å². The molecule has 1 saturated carbocycles. The smallest absolute Gasteiger partial charge is 0.219 e. The molecule has 0 aromatic heterocycles. The molecule has 3 atom stereocenters. The van der Waals surface area contributed by atoms with Gasteiger partial charge < -0.3 is 5.11 Å². The number of sulfonamides is 1. The third-order valence-electron chi connectivity index (χ3n) is 4.05. The third kappa shape index (κ3) is 2.00. The fourth-order valence-electron chi connectivity index (χ4n) is 3.00. The van der Waals surface area contributed by atoms with E-state index in [1.54, 1.807) is 11.2 Å². The molecule has 94 valence electrons. The van der Waals surface area contributed by atoms with Crippen molar-refractivity contribution in [2.45, 2.75) is 50.3 Å². The van der Waals surface area contributed by atoms with Gasteiger partial charge in [-0.1, -0.05) is 12.8 Å². The first kappa shape index (κ1) is 12.3. The van der Waals surface area contributed by atoms with E-state index >= 15 is 0 Å². The monoisotopic (exact) mass is 247 g/mol. The molecule has 4 nitrogen and oxygen atoms in total. The minimum absolute atomic E-state index is 0.216. The third-order valence-corrected chi connectivity index (χ3v) is 6.32. The van der Waals surface area contributed by atoms with Crippen molar-refractivity contribution < 1.29 is 13.5 Å². The zero-order chi connectivity index (χ0) is 11.8. The standard InChI is InChI=1S/C11H21NO3S/c1-9(8-13)16(14,15)12-7-6-10-4-2-3-5-11(10)12/h9-11,13H,2-8H2,1H3. The summed E-state index contributed by atoms with van der Waals surface area (Å²) >= 11 is 0. The number of fused-ring (bicyclic) bond motifs is 1. The van der Waals surface area contributed by atoms with Gasteiger partial charge in [-0.25, -0.2) is 8.42 Å². The van der Waals surface area contributed by atoms with Crippen LogP contribution < -0.4 is 0 Å². The van der Waals surface area contributed by atoms with Crippen LogP contribution in [0, 0.1) is 5.92 Å². The Kier molecular flexibility index (Phi) is 3.56. The molecule has 2 rings (SSSR count). The first-order valence-electron chi connectivity index (χ1n) is 6.19. The quantitative estimate of drug-likeness (QED) is 0.808. The normalized spacial score (nSPS) is 33.6. The predicted molar refractivity (Wildman–Crippen MR) is 62.5 cm³/mol. The summed E-state index contributed by atoms with van der Waals surface area (Å²) in [6.45, 7) is 1.96. The van der Waals surface area contributed by atoms with E-state index in [2.05, 4.69) is 0 Å². The molecule has 1 saturated heterocycles. The van der Waals surface area contributed by atoms with Gasteiger partial charge in [-0.3, -0.25) is 0 Å². The highest BCUT2D eigenvalue weighted by molar-refractivity contribution is 7.89. The van der Waals surface area contributed by atoms with Crippen molar-refractivity contribution in [3.8, 4) is 0 Å². The summed E-state index contributed by atoms with van der Waals surface area (Å²) in [6.07, 6.45) is 5.56. The average molecular weight is 247 g/mol. The van der Waals surface area contributed by atoms with Crippen LogP contribution in [0.2, 0.25) is 0 Å². The maximum absolute atomic E-state index is 12.2. The SMILES string of the molecule is CC(CO)S(=O)(=O)N1CCC2CCCCC21. The first-order valence-corrected chi connectivity index (χ1v) is 7.69. The van der Waals surface area contributed by atoms with Crippen LogP contribution in [-0.4, -0.2) is 42.3 Å². The lowest BCUT2D eigenvalue weighted by molar-refractivity contribution is 0.250. The molecule has 3 unspecified atom stereocenters. The summed E-state index contributed by atoms with van der Waals surface area (Å²) in [5.74, 6) is 0.564. The topological polar surface area (TPSA) is 57.6 Å². The van der Waals surface area contributed by atoms with Gasteiger partial charge in [0.15, 0.2) is 0 Å². The Labute approximate surface area is 97.7 Å². The van der Waals surface area contributed by atoms with Crippen molar-refractivity contribution in [2.24, 2.45) is 5.92 Å². The fraction of sp³-hybridized carbons (Fsp3) is 1.00. The number of hydrogen-bond acceptors (Lipinski definition) is 3. The van der Waals surface area contributed by atoms with Gasteiger partial charge in [-0.05, 0) is 32.1 Å². The summed E-state index contributed by atoms with van der Waals surface area (Å²) in [5, 5.41) is 8.36. The second kappa shape index (κ2) is 4.63. The van der Waals surface area contributed by atoms with Gasteiger partial charge in [0.1, 0.15) is 0 Å². The number of aliphatic hydroxyl groups excluding tert-OH is 1. The molecule has 0 aromatic carbocycles. The summed E-state index contributed by atoms with van der Waals surface area (Å²) in [4.78, 5) is 0. The fourth-order valence-corrected chi connectivity index (χ4v) is 4.67. The molecule has 5 heteroatoms. The minimum atomic E-state index is -3.28. The zero-order valence-corrected chi connectivity index (χ0v) is 10.6. The van der Waals surface area contributed by atoms with Gasteiger partial charge in [0.2, 0.25) is 10.0 Å². The largest absolute Gasteiger partial charge is 0.395 e. The van der Waals surface area contributed by atoms with Crippen LogP contribution in [-0.2, 0) is 10.0 Å². The molecular formula is C11H21NO3S. The molecular weight excluding hydrogens is 226 g/mol. The molecule has 1 aliphatic carbocycles. The maximum atomic E-state index is 12.2. The molecule has 2 fully saturated rings. The first-order chi connectivity index (χ1) is 7.57. The molecule has 16 heavy (non-hydrogen) atoms. The van der Waals surface area contributed by atoms with E-state index in [1.165, 1.54) is 12.8 Å². The van der Waals surface area contributed by atoms with Crippen molar-refractivity contribution >= 4 is 10.0 Å². The van der Waals surface area contributed by atoms with Crippen molar-refractivity contribution in [1.82, 2.24) is 4.31 Å². The Morgan fingerprint density at radius 3 is 2.69 bits per heavy atom. The lowest BCUT2D eigenvalue weighted by Crippen LogP contribution is -2.44. The molecule has 0 amide bonds. The summed E-state index contributed by atoms with van der Waals surface area (Å²) in [7, 11) is -3.28. The van der Waals surface area contributed by atoms with E-state index in [4.69, 9.17) is 5.11 Å². The molecule has 0 aromatic rings. The minimum Gasteiger partial charge on any atom is -0.395 e. The molecule has 0 bridgehead atoms. The lowest BCUT2D eigenvalue weighted by Gasteiger charge is -2.32. The van der Waals surface area contributed by atoms with Gasteiger partial charge >= 0.3 is 0 Å². The Morgan fingerprint density at radius 1 is 1.31 bits per heavy atom. The van der Waals surface area contributed by atoms with Gasteiger partial charge in [0, 0.05) is 12.6 Å². The van der Waals surface area contributed by atoms with Crippen molar-refractivity contribution in [2.75, 3.05) is 13.2 Å². The zero-order valence-electron chi connectivity index (χ0n) is 9.80. The second-order valence-corrected chi connectivity index (χ2v) is 7.35. The summed E-state index contributed by atoms with van der Waals surface area (Å²) in [6, 6.07) is 0.216. The Hall–Kier alpha value is -0.130. The second-order valence-electron chi connectivity index (χ2n) is 5.05. The highest BCUT2D eigenvalue weighted by Crippen LogP contribution is 2.38. The van der Waals surface area contributed by atoms with Crippen molar-refractivity contribution in [3.63, 3.8) is 0 Å². The Morgan fingerprint density at radius 2 is 2.00 bits per heavy atom. The van der Waals surface area contributed by atoms with Crippen LogP contribution in [0.1, 0.15) is 39.0 Å². The Bertz CT molecular complexity index is 341. The number of aliphatic hydroxyl groups is 1. The van der Waals surface area contributed by atoms with E-state index < -0.39 is 15.3 Å². The van der Waals surface area contributed by atoms with Gasteiger partial charge in [-0.15, -0.1) is 0 Å². The van der Waals surface area contributed by atoms with Crippen molar-refractivity contribution in [3.05, 3.63) is 0 Å². The highest BCUT2D eigenvalue weighted by atomic mass is 32.2. The van der Waals surface area contributed by atoms with E-state index in [0.29, 0.717) is 12.5 Å². The van der Waals surface area contributed by atoms with Crippen molar-refractivity contribution in [1.29, 1.82) is 0 Å². The Balaban J connectivity index is 2.16. The van der Waals surface area contributed by atoms with Crippen LogP contribution in [0.3, 0.4) is 0 Å². The molecule has 1 heterocycles. The van der Waals surface area contributed by atoms with Gasteiger partial charge in [0.25, 0.3) is 0 Å². The highest BCUT2D eigenvalue weighted by Gasteiger charge is 2.43. The molecule has 1 N–H and O–H groups in total. The number of hydrogen-bond donors (Lipinski definition) is 1. The predicted octanol–water partition coefficient (Wildman–Crippen LogP) is 0.961. The molecule has 0 radical (unpaired) electrons. The lowest BCUT2D eigenvalue weighted by atomic mass is 9.86. The van der Waals surface area contributed by atoms with E-state index in [9.17, 15) is 8.42 Å². The average Bonchev–Trinajstić information content (AvgIpc) is 2.72. The van der Waals surface area contributed by atoms with Crippen LogP contribution >= 0.6 is 0 Å². The summed E-state index contributed by atoms with van der Waals surface area (Å²) in [5.41, 5.74) is 0. The maximum Gasteiger partial charge on any atom is 0.219 e. The van der Waals surface area contributed by atoms with Crippen LogP contribution in [0.15, 0.2) is 0 Å². The van der Waals surface area contributed by atoms with Crippen LogP contribution in [0.4, 0.5) is 0 Å². The van der Waals surface area contributed by atoms with Crippen LogP contribution in [0.5, 0.6) is 0 Å². The van der Waals surface area contributed by atoms with Gasteiger partial charge in [-0.2, -0.15) is 4.31 Å². The summed E-state index contributed by atoms with van der Waals surface area (Å²) < 4.78 is 26.0.